The summed E-state index contributed by atoms with van der Waals surface area (Å²) in [7, 11) is 0. The van der Waals surface area contributed by atoms with Crippen LogP contribution in [0.15, 0.2) is 0 Å². The molecule has 4 aliphatic heterocycles. The van der Waals surface area contributed by atoms with Gasteiger partial charge >= 0.3 is 0 Å². The summed E-state index contributed by atoms with van der Waals surface area (Å²) in [6.45, 7) is 6.94. The summed E-state index contributed by atoms with van der Waals surface area (Å²) >= 11 is 0. The molecule has 4 rings (SSSR count). The van der Waals surface area contributed by atoms with Crippen molar-refractivity contribution >= 4 is 0 Å². The normalized spacial score (nSPS) is 47.1. The summed E-state index contributed by atoms with van der Waals surface area (Å²) in [6.07, 6.45) is 3.36. The molecule has 2 spiro atoms. The Morgan fingerprint density at radius 3 is 1.26 bits per heavy atom. The van der Waals surface area contributed by atoms with Gasteiger partial charge in [0.25, 0.3) is 0 Å². The summed E-state index contributed by atoms with van der Waals surface area (Å²) in [5.41, 5.74) is -0.687. The molecule has 0 amide bonds. The lowest BCUT2D eigenvalue weighted by molar-refractivity contribution is -0.328. The lowest BCUT2D eigenvalue weighted by Gasteiger charge is -2.52. The third kappa shape index (κ3) is 1.43. The Morgan fingerprint density at radius 1 is 0.579 bits per heavy atom. The van der Waals surface area contributed by atoms with Gasteiger partial charge in [-0.3, -0.25) is 0 Å². The van der Waals surface area contributed by atoms with E-state index in [1.807, 2.05) is 13.8 Å². The van der Waals surface area contributed by atoms with Crippen molar-refractivity contribution in [3.8, 4) is 0 Å². The Balaban J connectivity index is 1.69. The Kier molecular flexibility index (Phi) is 2.45. The summed E-state index contributed by atoms with van der Waals surface area (Å²) < 4.78 is 30.2. The van der Waals surface area contributed by atoms with Gasteiger partial charge in [-0.15, -0.1) is 0 Å². The lowest BCUT2D eigenvalue weighted by atomic mass is 9.81. The highest BCUT2D eigenvalue weighted by molar-refractivity contribution is 5.15. The molecule has 0 aromatic carbocycles. The Labute approximate surface area is 113 Å². The SMILES string of the molecule is CC12OC3(CCOCC3)C(C)(OC13CCOCC3)O2. The van der Waals surface area contributed by atoms with E-state index >= 15 is 0 Å². The fourth-order valence-electron chi connectivity index (χ4n) is 4.23. The molecule has 2 atom stereocenters. The van der Waals surface area contributed by atoms with Gasteiger partial charge in [0.05, 0.1) is 0 Å². The predicted molar refractivity (Wildman–Crippen MR) is 65.6 cm³/mol. The van der Waals surface area contributed by atoms with Crippen molar-refractivity contribution in [1.82, 2.24) is 0 Å². The second-order valence-corrected chi connectivity index (χ2v) is 6.41. The smallest absolute Gasteiger partial charge is 0.199 e. The molecule has 0 saturated carbocycles. The highest BCUT2D eigenvalue weighted by Gasteiger charge is 2.77. The van der Waals surface area contributed by atoms with Gasteiger partial charge < -0.3 is 23.7 Å². The Bertz CT molecular complexity index is 349. The molecule has 0 aliphatic carbocycles. The van der Waals surface area contributed by atoms with Crippen LogP contribution in [0.1, 0.15) is 39.5 Å². The van der Waals surface area contributed by atoms with Gasteiger partial charge in [0.15, 0.2) is 11.6 Å². The summed E-state index contributed by atoms with van der Waals surface area (Å²) in [5, 5.41) is 0. The van der Waals surface area contributed by atoms with Crippen LogP contribution >= 0.6 is 0 Å². The van der Waals surface area contributed by atoms with Gasteiger partial charge in [0.1, 0.15) is 11.2 Å². The fraction of sp³-hybridized carbons (Fsp3) is 1.00. The molecular weight excluding hydrogens is 248 g/mol. The standard InChI is InChI=1S/C14H22O5/c1-11-13(3-7-15-8-4-13)19-12(2,17-11)14(18-11)5-9-16-10-6-14/h3-10H2,1-2H3. The predicted octanol–water partition coefficient (Wildman–Crippen LogP) is 1.59. The van der Waals surface area contributed by atoms with Crippen molar-refractivity contribution in [3.05, 3.63) is 0 Å². The van der Waals surface area contributed by atoms with E-state index in [9.17, 15) is 0 Å². The van der Waals surface area contributed by atoms with Crippen LogP contribution in [-0.4, -0.2) is 49.2 Å². The monoisotopic (exact) mass is 270 g/mol. The van der Waals surface area contributed by atoms with Crippen molar-refractivity contribution in [3.63, 3.8) is 0 Å². The third-order valence-corrected chi connectivity index (χ3v) is 5.43. The maximum atomic E-state index is 6.49. The van der Waals surface area contributed by atoms with Crippen molar-refractivity contribution < 1.29 is 23.7 Å². The minimum absolute atomic E-state index is 0.344. The number of rotatable bonds is 0. The van der Waals surface area contributed by atoms with Gasteiger partial charge in [-0.05, 0) is 13.8 Å². The van der Waals surface area contributed by atoms with Gasteiger partial charge in [-0.25, -0.2) is 0 Å². The quantitative estimate of drug-likeness (QED) is 0.669. The molecule has 5 heteroatoms. The van der Waals surface area contributed by atoms with E-state index in [0.29, 0.717) is 26.4 Å². The van der Waals surface area contributed by atoms with E-state index in [-0.39, 0.29) is 11.2 Å². The van der Waals surface area contributed by atoms with Crippen LogP contribution in [-0.2, 0) is 23.7 Å². The highest BCUT2D eigenvalue weighted by atomic mass is 16.9. The summed E-state index contributed by atoms with van der Waals surface area (Å²) in [5.74, 6) is -1.30. The Hall–Kier alpha value is -0.200. The van der Waals surface area contributed by atoms with E-state index in [0.717, 1.165) is 25.7 Å². The summed E-state index contributed by atoms with van der Waals surface area (Å²) in [4.78, 5) is 0. The number of fused-ring (bicyclic) bond motifs is 4. The molecule has 4 heterocycles. The zero-order valence-corrected chi connectivity index (χ0v) is 11.7. The van der Waals surface area contributed by atoms with Crippen LogP contribution in [0.25, 0.3) is 0 Å². The van der Waals surface area contributed by atoms with Crippen molar-refractivity contribution in [1.29, 1.82) is 0 Å². The van der Waals surface area contributed by atoms with Crippen LogP contribution in [0.2, 0.25) is 0 Å². The topological polar surface area (TPSA) is 46.2 Å². The molecular formula is C14H22O5. The van der Waals surface area contributed by atoms with Crippen LogP contribution in [0.3, 0.4) is 0 Å². The molecule has 0 N–H and O–H groups in total. The molecule has 0 aromatic heterocycles. The molecule has 4 fully saturated rings. The molecule has 2 bridgehead atoms. The average Bonchev–Trinajstić information content (AvgIpc) is 2.72. The molecule has 19 heavy (non-hydrogen) atoms. The van der Waals surface area contributed by atoms with Crippen LogP contribution < -0.4 is 0 Å². The first-order chi connectivity index (χ1) is 9.04. The zero-order chi connectivity index (χ0) is 13.2. The van der Waals surface area contributed by atoms with Crippen LogP contribution in [0.4, 0.5) is 0 Å². The van der Waals surface area contributed by atoms with Gasteiger partial charge in [-0.2, -0.15) is 0 Å². The van der Waals surface area contributed by atoms with Gasteiger partial charge in [-0.1, -0.05) is 0 Å². The average molecular weight is 270 g/mol. The molecule has 108 valence electrons. The molecule has 0 aromatic rings. The minimum atomic E-state index is -0.650. The van der Waals surface area contributed by atoms with E-state index in [1.165, 1.54) is 0 Å². The number of hydrogen-bond donors (Lipinski definition) is 0. The van der Waals surface area contributed by atoms with E-state index in [2.05, 4.69) is 0 Å². The van der Waals surface area contributed by atoms with Crippen LogP contribution in [0.5, 0.6) is 0 Å². The second kappa shape index (κ2) is 3.71. The highest BCUT2D eigenvalue weighted by Crippen LogP contribution is 2.63. The summed E-state index contributed by atoms with van der Waals surface area (Å²) in [6, 6.07) is 0. The maximum Gasteiger partial charge on any atom is 0.199 e. The molecule has 2 unspecified atom stereocenters. The van der Waals surface area contributed by atoms with Crippen LogP contribution in [0, 0.1) is 0 Å². The second-order valence-electron chi connectivity index (χ2n) is 6.41. The molecule has 4 aliphatic rings. The van der Waals surface area contributed by atoms with E-state index < -0.39 is 11.6 Å². The number of hydrogen-bond acceptors (Lipinski definition) is 5. The Morgan fingerprint density at radius 2 is 0.947 bits per heavy atom. The first kappa shape index (κ1) is 12.5. The van der Waals surface area contributed by atoms with Gasteiger partial charge in [0, 0.05) is 52.1 Å². The van der Waals surface area contributed by atoms with E-state index in [1.54, 1.807) is 0 Å². The number of ether oxygens (including phenoxy) is 5. The third-order valence-electron chi connectivity index (χ3n) is 5.43. The fourth-order valence-corrected chi connectivity index (χ4v) is 4.23. The minimum Gasteiger partial charge on any atom is -0.381 e. The maximum absolute atomic E-state index is 6.49. The van der Waals surface area contributed by atoms with Crippen molar-refractivity contribution in [2.45, 2.75) is 62.3 Å². The van der Waals surface area contributed by atoms with Gasteiger partial charge in [0.2, 0.25) is 0 Å². The molecule has 4 saturated heterocycles. The largest absolute Gasteiger partial charge is 0.381 e. The molecule has 5 nitrogen and oxygen atoms in total. The van der Waals surface area contributed by atoms with Crippen molar-refractivity contribution in [2.75, 3.05) is 26.4 Å². The lowest BCUT2D eigenvalue weighted by Crippen LogP contribution is -2.64. The van der Waals surface area contributed by atoms with Crippen molar-refractivity contribution in [2.24, 2.45) is 0 Å². The zero-order valence-electron chi connectivity index (χ0n) is 11.7. The first-order valence-electron chi connectivity index (χ1n) is 7.29. The van der Waals surface area contributed by atoms with E-state index in [4.69, 9.17) is 23.7 Å². The molecule has 0 radical (unpaired) electrons. The first-order valence-corrected chi connectivity index (χ1v) is 7.29.